The number of carbonyl (C=O) groups is 1. The van der Waals surface area contributed by atoms with E-state index < -0.39 is 5.82 Å². The molecule has 0 aliphatic rings. The van der Waals surface area contributed by atoms with Gasteiger partial charge in [0.15, 0.2) is 0 Å². The summed E-state index contributed by atoms with van der Waals surface area (Å²) in [6.45, 7) is 0.577. The van der Waals surface area contributed by atoms with Crippen LogP contribution in [-0.2, 0) is 6.42 Å². The summed E-state index contributed by atoms with van der Waals surface area (Å²) in [6, 6.07) is 9.88. The molecule has 0 bridgehead atoms. The lowest BCUT2D eigenvalue weighted by molar-refractivity contribution is 0.0796. The van der Waals surface area contributed by atoms with E-state index in [1.54, 1.807) is 42.7 Å². The number of aromatic nitrogens is 2. The Balaban J connectivity index is 1.66. The van der Waals surface area contributed by atoms with Crippen molar-refractivity contribution in [3.63, 3.8) is 0 Å². The summed E-state index contributed by atoms with van der Waals surface area (Å²) in [5, 5.41) is 3.10. The highest BCUT2D eigenvalue weighted by Gasteiger charge is 2.13. The monoisotopic (exact) mass is 384 g/mol. The van der Waals surface area contributed by atoms with Crippen LogP contribution in [0.2, 0.25) is 5.02 Å². The minimum atomic E-state index is -0.486. The number of rotatable bonds is 6. The van der Waals surface area contributed by atoms with Gasteiger partial charge in [-0.2, -0.15) is 0 Å². The van der Waals surface area contributed by atoms with E-state index in [0.717, 1.165) is 12.0 Å². The van der Waals surface area contributed by atoms with Crippen molar-refractivity contribution in [2.45, 2.75) is 6.42 Å². The summed E-state index contributed by atoms with van der Waals surface area (Å²) < 4.78 is 13.3. The summed E-state index contributed by atoms with van der Waals surface area (Å²) in [5.41, 5.74) is 2.81. The van der Waals surface area contributed by atoms with E-state index in [1.165, 1.54) is 18.3 Å². The molecule has 138 valence electrons. The number of nitrogens with one attached hydrogen (secondary N) is 1. The third-order valence-electron chi connectivity index (χ3n) is 4.03. The summed E-state index contributed by atoms with van der Waals surface area (Å²) >= 11 is 5.79. The molecule has 0 aliphatic carbocycles. The van der Waals surface area contributed by atoms with E-state index in [4.69, 9.17) is 11.6 Å². The number of halogens is 2. The van der Waals surface area contributed by atoms with Crippen LogP contribution in [0, 0.1) is 5.82 Å². The van der Waals surface area contributed by atoms with Gasteiger partial charge in [-0.25, -0.2) is 4.39 Å². The number of nitrogens with zero attached hydrogens (tertiary/aromatic N) is 3. The van der Waals surface area contributed by atoms with Gasteiger partial charge in [0, 0.05) is 37.9 Å². The van der Waals surface area contributed by atoms with Gasteiger partial charge in [-0.3, -0.25) is 14.8 Å². The molecule has 3 aromatic rings. The van der Waals surface area contributed by atoms with Crippen molar-refractivity contribution in [2.75, 3.05) is 18.9 Å². The molecule has 1 aromatic carbocycles. The number of amides is 1. The number of anilines is 2. The molecule has 0 spiro atoms. The Morgan fingerprint density at radius 3 is 2.63 bits per heavy atom. The van der Waals surface area contributed by atoms with Crippen molar-refractivity contribution in [3.8, 4) is 0 Å². The van der Waals surface area contributed by atoms with Gasteiger partial charge in [-0.15, -0.1) is 0 Å². The van der Waals surface area contributed by atoms with Crippen molar-refractivity contribution in [3.05, 3.63) is 83.2 Å². The zero-order chi connectivity index (χ0) is 19.2. The van der Waals surface area contributed by atoms with Gasteiger partial charge in [-0.05, 0) is 48.4 Å². The van der Waals surface area contributed by atoms with Crippen LogP contribution in [0.5, 0.6) is 0 Å². The van der Waals surface area contributed by atoms with Crippen LogP contribution in [0.15, 0.2) is 61.2 Å². The number of pyridine rings is 2. The third-order valence-corrected chi connectivity index (χ3v) is 4.32. The van der Waals surface area contributed by atoms with Crippen LogP contribution < -0.4 is 5.32 Å². The second-order valence-corrected chi connectivity index (χ2v) is 6.46. The number of hydrogen-bond donors (Lipinski definition) is 1. The van der Waals surface area contributed by atoms with E-state index >= 15 is 0 Å². The van der Waals surface area contributed by atoms with E-state index in [2.05, 4.69) is 15.3 Å². The van der Waals surface area contributed by atoms with Crippen molar-refractivity contribution < 1.29 is 9.18 Å². The first kappa shape index (κ1) is 18.8. The molecule has 1 N–H and O–H groups in total. The number of carbonyl (C=O) groups excluding carboxylic acids is 1. The minimum Gasteiger partial charge on any atom is -0.354 e. The lowest BCUT2D eigenvalue weighted by atomic mass is 10.2. The predicted octanol–water partition coefficient (Wildman–Crippen LogP) is 4.33. The first-order chi connectivity index (χ1) is 13.0. The van der Waals surface area contributed by atoms with Gasteiger partial charge in [0.1, 0.15) is 5.82 Å². The molecular formula is C20H18ClFN4O. The number of benzene rings is 1. The number of hydrogen-bond acceptors (Lipinski definition) is 4. The first-order valence-corrected chi connectivity index (χ1v) is 8.72. The molecule has 27 heavy (non-hydrogen) atoms. The summed E-state index contributed by atoms with van der Waals surface area (Å²) in [7, 11) is 1.75. The Hall–Kier alpha value is -2.99. The van der Waals surface area contributed by atoms with Gasteiger partial charge in [0.25, 0.3) is 5.91 Å². The molecule has 3 rings (SSSR count). The van der Waals surface area contributed by atoms with Crippen LogP contribution in [0.1, 0.15) is 15.9 Å². The zero-order valence-electron chi connectivity index (χ0n) is 14.7. The van der Waals surface area contributed by atoms with Crippen LogP contribution in [0.25, 0.3) is 0 Å². The van der Waals surface area contributed by atoms with Gasteiger partial charge in [-0.1, -0.05) is 11.6 Å². The SMILES string of the molecule is CN(CCc1ccncc1)C(=O)c1cncc(Nc2ccc(F)c(Cl)c2)c1. The summed E-state index contributed by atoms with van der Waals surface area (Å²) in [4.78, 5) is 22.4. The maximum Gasteiger partial charge on any atom is 0.255 e. The highest BCUT2D eigenvalue weighted by Crippen LogP contribution is 2.23. The quantitative estimate of drug-likeness (QED) is 0.687. The fraction of sp³-hybridized carbons (Fsp3) is 0.150. The molecule has 0 saturated heterocycles. The average Bonchev–Trinajstić information content (AvgIpc) is 2.69. The molecule has 5 nitrogen and oxygen atoms in total. The zero-order valence-corrected chi connectivity index (χ0v) is 15.4. The Bertz CT molecular complexity index is 936. The van der Waals surface area contributed by atoms with E-state index in [1.807, 2.05) is 12.1 Å². The van der Waals surface area contributed by atoms with Crippen LogP contribution >= 0.6 is 11.6 Å². The molecule has 0 radical (unpaired) electrons. The maximum atomic E-state index is 13.3. The normalized spacial score (nSPS) is 10.5. The van der Waals surface area contributed by atoms with Crippen molar-refractivity contribution >= 4 is 28.9 Å². The average molecular weight is 385 g/mol. The van der Waals surface area contributed by atoms with Crippen molar-refractivity contribution in [1.29, 1.82) is 0 Å². The highest BCUT2D eigenvalue weighted by molar-refractivity contribution is 6.31. The topological polar surface area (TPSA) is 58.1 Å². The molecule has 2 heterocycles. The summed E-state index contributed by atoms with van der Waals surface area (Å²) in [5.74, 6) is -0.613. The van der Waals surface area contributed by atoms with Crippen LogP contribution in [0.3, 0.4) is 0 Å². The van der Waals surface area contributed by atoms with Gasteiger partial charge < -0.3 is 10.2 Å². The van der Waals surface area contributed by atoms with Crippen LogP contribution in [-0.4, -0.2) is 34.4 Å². The predicted molar refractivity (Wildman–Crippen MR) is 104 cm³/mol. The molecule has 0 aliphatic heterocycles. The second-order valence-electron chi connectivity index (χ2n) is 6.05. The van der Waals surface area contributed by atoms with Gasteiger partial charge >= 0.3 is 0 Å². The minimum absolute atomic E-state index is 0.0241. The Labute approximate surface area is 161 Å². The largest absolute Gasteiger partial charge is 0.354 e. The smallest absolute Gasteiger partial charge is 0.255 e. The molecule has 2 aromatic heterocycles. The van der Waals surface area contributed by atoms with Crippen LogP contribution in [0.4, 0.5) is 15.8 Å². The second kappa shape index (κ2) is 8.60. The van der Waals surface area contributed by atoms with Gasteiger partial charge in [0.05, 0.1) is 22.5 Å². The lowest BCUT2D eigenvalue weighted by Crippen LogP contribution is -2.29. The molecule has 0 atom stereocenters. The van der Waals surface area contributed by atoms with Crippen molar-refractivity contribution in [1.82, 2.24) is 14.9 Å². The first-order valence-electron chi connectivity index (χ1n) is 8.34. The molecular weight excluding hydrogens is 367 g/mol. The van der Waals surface area contributed by atoms with Crippen molar-refractivity contribution in [2.24, 2.45) is 0 Å². The Morgan fingerprint density at radius 2 is 1.89 bits per heavy atom. The molecule has 0 fully saturated rings. The fourth-order valence-corrected chi connectivity index (χ4v) is 2.71. The van der Waals surface area contributed by atoms with E-state index in [0.29, 0.717) is 23.5 Å². The van der Waals surface area contributed by atoms with Gasteiger partial charge in [0.2, 0.25) is 0 Å². The third kappa shape index (κ3) is 5.01. The fourth-order valence-electron chi connectivity index (χ4n) is 2.53. The van der Waals surface area contributed by atoms with E-state index in [-0.39, 0.29) is 10.9 Å². The number of likely N-dealkylation sites (N-methyl/N-ethyl adjacent to an activating group) is 1. The Kier molecular flexibility index (Phi) is 5.98. The van der Waals surface area contributed by atoms with E-state index in [9.17, 15) is 9.18 Å². The highest BCUT2D eigenvalue weighted by atomic mass is 35.5. The molecule has 7 heteroatoms. The standard InChI is InChI=1S/C20H18ClFN4O/c1-26(9-6-14-4-7-23-8-5-14)20(27)15-10-17(13-24-12-15)25-16-2-3-19(22)18(21)11-16/h2-5,7-8,10-13,25H,6,9H2,1H3. The maximum absolute atomic E-state index is 13.3. The Morgan fingerprint density at radius 1 is 1.11 bits per heavy atom. The lowest BCUT2D eigenvalue weighted by Gasteiger charge is -2.17. The molecule has 1 amide bonds. The molecule has 0 saturated carbocycles. The molecule has 0 unspecified atom stereocenters. The summed E-state index contributed by atoms with van der Waals surface area (Å²) in [6.07, 6.45) is 7.32.